The van der Waals surface area contributed by atoms with E-state index in [-0.39, 0.29) is 30.5 Å². The van der Waals surface area contributed by atoms with Crippen molar-refractivity contribution in [3.63, 3.8) is 0 Å². The van der Waals surface area contributed by atoms with Crippen LogP contribution in [-0.2, 0) is 9.47 Å². The molecule has 0 aromatic heterocycles. The topological polar surface area (TPSA) is 84.9 Å². The Bertz CT molecular complexity index is 600. The van der Waals surface area contributed by atoms with Gasteiger partial charge in [0, 0.05) is 26.3 Å². The quantitative estimate of drug-likeness (QED) is 0.579. The number of imide groups is 1. The first-order valence-electron chi connectivity index (χ1n) is 6.86. The highest BCUT2D eigenvalue weighted by molar-refractivity contribution is 6.22. The molecule has 0 bridgehead atoms. The van der Waals surface area contributed by atoms with Crippen molar-refractivity contribution in [1.82, 2.24) is 10.2 Å². The van der Waals surface area contributed by atoms with E-state index in [1.54, 1.807) is 7.11 Å². The SMILES string of the molecule is COCCNC(=O)c1ccc2c(c1)C(=O)N(CCOC)C2=O. The molecule has 1 aliphatic rings. The third-order valence-corrected chi connectivity index (χ3v) is 3.34. The lowest BCUT2D eigenvalue weighted by atomic mass is 10.1. The standard InChI is InChI=1S/C15H18N2O5/c1-21-7-5-16-13(18)10-3-4-11-12(9-10)15(20)17(14(11)19)6-8-22-2/h3-4,9H,5-8H2,1-2H3,(H,16,18). The Labute approximate surface area is 128 Å². The maximum Gasteiger partial charge on any atom is 0.261 e. The molecule has 0 spiro atoms. The molecule has 1 N–H and O–H groups in total. The number of nitrogens with zero attached hydrogens (tertiary/aromatic N) is 1. The molecule has 7 nitrogen and oxygen atoms in total. The van der Waals surface area contributed by atoms with Crippen LogP contribution in [0.2, 0.25) is 0 Å². The van der Waals surface area contributed by atoms with Gasteiger partial charge in [-0.2, -0.15) is 0 Å². The molecule has 0 atom stereocenters. The first-order chi connectivity index (χ1) is 10.6. The lowest BCUT2D eigenvalue weighted by Crippen LogP contribution is -2.32. The van der Waals surface area contributed by atoms with Crippen LogP contribution in [0.1, 0.15) is 31.1 Å². The van der Waals surface area contributed by atoms with Gasteiger partial charge in [-0.3, -0.25) is 19.3 Å². The molecule has 2 rings (SSSR count). The van der Waals surface area contributed by atoms with Crippen LogP contribution in [0.4, 0.5) is 0 Å². The van der Waals surface area contributed by atoms with Gasteiger partial charge in [0.25, 0.3) is 17.7 Å². The predicted molar refractivity (Wildman–Crippen MR) is 77.9 cm³/mol. The van der Waals surface area contributed by atoms with Crippen LogP contribution in [0.15, 0.2) is 18.2 Å². The summed E-state index contributed by atoms with van der Waals surface area (Å²) in [6.45, 7) is 1.24. The highest BCUT2D eigenvalue weighted by Crippen LogP contribution is 2.23. The molecule has 0 aliphatic carbocycles. The van der Waals surface area contributed by atoms with Gasteiger partial charge in [-0.05, 0) is 18.2 Å². The van der Waals surface area contributed by atoms with Crippen molar-refractivity contribution in [1.29, 1.82) is 0 Å². The van der Waals surface area contributed by atoms with Crippen molar-refractivity contribution in [3.8, 4) is 0 Å². The molecule has 3 amide bonds. The minimum absolute atomic E-state index is 0.193. The van der Waals surface area contributed by atoms with Gasteiger partial charge in [0.2, 0.25) is 0 Å². The van der Waals surface area contributed by atoms with Gasteiger partial charge in [0.15, 0.2) is 0 Å². The van der Waals surface area contributed by atoms with Crippen molar-refractivity contribution in [2.75, 3.05) is 40.5 Å². The zero-order valence-corrected chi connectivity index (χ0v) is 12.5. The van der Waals surface area contributed by atoms with Crippen LogP contribution in [-0.4, -0.2) is 63.1 Å². The minimum Gasteiger partial charge on any atom is -0.383 e. The molecule has 1 aliphatic heterocycles. The van der Waals surface area contributed by atoms with Crippen LogP contribution in [0, 0.1) is 0 Å². The van der Waals surface area contributed by atoms with Crippen molar-refractivity contribution < 1.29 is 23.9 Å². The molecule has 118 valence electrons. The van der Waals surface area contributed by atoms with Crippen LogP contribution >= 0.6 is 0 Å². The molecule has 7 heteroatoms. The van der Waals surface area contributed by atoms with Crippen LogP contribution in [0.25, 0.3) is 0 Å². The van der Waals surface area contributed by atoms with E-state index in [4.69, 9.17) is 9.47 Å². The van der Waals surface area contributed by atoms with Gasteiger partial charge in [-0.1, -0.05) is 0 Å². The van der Waals surface area contributed by atoms with Gasteiger partial charge < -0.3 is 14.8 Å². The molecular weight excluding hydrogens is 288 g/mol. The number of carbonyl (C=O) groups is 3. The van der Waals surface area contributed by atoms with E-state index in [1.807, 2.05) is 0 Å². The molecule has 0 saturated carbocycles. The van der Waals surface area contributed by atoms with Gasteiger partial charge in [-0.25, -0.2) is 0 Å². The first-order valence-corrected chi connectivity index (χ1v) is 6.86. The van der Waals surface area contributed by atoms with E-state index in [1.165, 1.54) is 25.3 Å². The second kappa shape index (κ2) is 7.15. The van der Waals surface area contributed by atoms with Crippen LogP contribution in [0.3, 0.4) is 0 Å². The van der Waals surface area contributed by atoms with E-state index >= 15 is 0 Å². The molecule has 0 unspecified atom stereocenters. The maximum atomic E-state index is 12.2. The Balaban J connectivity index is 2.16. The summed E-state index contributed by atoms with van der Waals surface area (Å²) >= 11 is 0. The summed E-state index contributed by atoms with van der Waals surface area (Å²) in [5, 5.41) is 2.67. The number of hydrogen-bond acceptors (Lipinski definition) is 5. The maximum absolute atomic E-state index is 12.2. The summed E-state index contributed by atoms with van der Waals surface area (Å²) in [5.74, 6) is -1.07. The Morgan fingerprint density at radius 2 is 1.77 bits per heavy atom. The first kappa shape index (κ1) is 16.1. The van der Waals surface area contributed by atoms with Crippen molar-refractivity contribution in [2.24, 2.45) is 0 Å². The molecule has 0 radical (unpaired) electrons. The second-order valence-corrected chi connectivity index (χ2v) is 4.76. The number of hydrogen-bond donors (Lipinski definition) is 1. The summed E-state index contributed by atoms with van der Waals surface area (Å²) in [6.07, 6.45) is 0. The van der Waals surface area contributed by atoms with Crippen molar-refractivity contribution >= 4 is 17.7 Å². The number of ether oxygens (including phenoxy) is 2. The highest BCUT2D eigenvalue weighted by atomic mass is 16.5. The number of benzene rings is 1. The lowest BCUT2D eigenvalue weighted by molar-refractivity contribution is 0.0603. The summed E-state index contributed by atoms with van der Waals surface area (Å²) in [7, 11) is 3.04. The zero-order chi connectivity index (χ0) is 16.1. The zero-order valence-electron chi connectivity index (χ0n) is 12.5. The Hall–Kier alpha value is -2.25. The molecule has 1 aromatic rings. The second-order valence-electron chi connectivity index (χ2n) is 4.76. The van der Waals surface area contributed by atoms with E-state index in [2.05, 4.69) is 5.32 Å². The monoisotopic (exact) mass is 306 g/mol. The highest BCUT2D eigenvalue weighted by Gasteiger charge is 2.35. The molecule has 0 fully saturated rings. The molecule has 22 heavy (non-hydrogen) atoms. The predicted octanol–water partition coefficient (Wildman–Crippen LogP) is 0.305. The molecule has 1 aromatic carbocycles. The summed E-state index contributed by atoms with van der Waals surface area (Å²) < 4.78 is 9.75. The number of rotatable bonds is 7. The van der Waals surface area contributed by atoms with Gasteiger partial charge in [-0.15, -0.1) is 0 Å². The number of fused-ring (bicyclic) bond motifs is 1. The normalized spacial score (nSPS) is 13.5. The number of nitrogens with one attached hydrogen (secondary N) is 1. The van der Waals surface area contributed by atoms with E-state index in [9.17, 15) is 14.4 Å². The molecule has 0 saturated heterocycles. The number of carbonyl (C=O) groups excluding carboxylic acids is 3. The Morgan fingerprint density at radius 1 is 1.09 bits per heavy atom. The van der Waals surface area contributed by atoms with Gasteiger partial charge in [0.05, 0.1) is 30.9 Å². The third-order valence-electron chi connectivity index (χ3n) is 3.34. The number of methoxy groups -OCH3 is 2. The fourth-order valence-electron chi connectivity index (χ4n) is 2.19. The van der Waals surface area contributed by atoms with Crippen LogP contribution < -0.4 is 5.32 Å². The molecule has 1 heterocycles. The average Bonchev–Trinajstić information content (AvgIpc) is 2.76. The Morgan fingerprint density at radius 3 is 2.45 bits per heavy atom. The average molecular weight is 306 g/mol. The fraction of sp³-hybridized carbons (Fsp3) is 0.400. The van der Waals surface area contributed by atoms with Crippen molar-refractivity contribution in [3.05, 3.63) is 34.9 Å². The van der Waals surface area contributed by atoms with Gasteiger partial charge in [0.1, 0.15) is 0 Å². The molecular formula is C15H18N2O5. The minimum atomic E-state index is -0.399. The summed E-state index contributed by atoms with van der Waals surface area (Å²) in [4.78, 5) is 37.5. The fourth-order valence-corrected chi connectivity index (χ4v) is 2.19. The van der Waals surface area contributed by atoms with E-state index < -0.39 is 5.91 Å². The summed E-state index contributed by atoms with van der Waals surface area (Å²) in [6, 6.07) is 4.49. The van der Waals surface area contributed by atoms with E-state index in [0.29, 0.717) is 24.3 Å². The third kappa shape index (κ3) is 3.15. The van der Waals surface area contributed by atoms with Crippen molar-refractivity contribution in [2.45, 2.75) is 0 Å². The summed E-state index contributed by atoms with van der Waals surface area (Å²) in [5.41, 5.74) is 0.902. The number of amides is 3. The lowest BCUT2D eigenvalue weighted by Gasteiger charge is -2.12. The van der Waals surface area contributed by atoms with Crippen LogP contribution in [0.5, 0.6) is 0 Å². The van der Waals surface area contributed by atoms with Gasteiger partial charge >= 0.3 is 0 Å². The largest absolute Gasteiger partial charge is 0.383 e. The smallest absolute Gasteiger partial charge is 0.261 e. The Kier molecular flexibility index (Phi) is 5.24. The van der Waals surface area contributed by atoms with E-state index in [0.717, 1.165) is 4.90 Å².